The summed E-state index contributed by atoms with van der Waals surface area (Å²) in [6, 6.07) is -1.12. The van der Waals surface area contributed by atoms with Crippen LogP contribution in [0.15, 0.2) is 21.1 Å². The fourth-order valence-electron chi connectivity index (χ4n) is 2.96. The van der Waals surface area contributed by atoms with Gasteiger partial charge in [-0.2, -0.15) is 0 Å². The number of rotatable bonds is 11. The molecule has 0 saturated carbocycles. The Kier molecular flexibility index (Phi) is 13.7. The van der Waals surface area contributed by atoms with Crippen LogP contribution in [-0.2, 0) is 28.8 Å². The van der Waals surface area contributed by atoms with Gasteiger partial charge in [-0.15, -0.1) is 34.9 Å². The quantitative estimate of drug-likeness (QED) is 0.0714. The molecule has 0 radical (unpaired) electrons. The molecule has 3 rings (SSSR count). The second-order valence-electron chi connectivity index (χ2n) is 6.59. The molecular weight excluding hydrogens is 574 g/mol. The maximum Gasteiger partial charge on any atom is 1.00 e. The van der Waals surface area contributed by atoms with Crippen LogP contribution in [0.25, 0.3) is 0 Å². The van der Waals surface area contributed by atoms with Crippen molar-refractivity contribution in [3.8, 4) is 0 Å². The minimum absolute atomic E-state index is 0. The number of thioether (sulfide) groups is 2. The number of primary amides is 1. The predicted octanol–water partition coefficient (Wildman–Crippen LogP) is -9.61. The van der Waals surface area contributed by atoms with Crippen molar-refractivity contribution < 1.29 is 103 Å². The molecule has 2 aliphatic rings. The number of thiazole rings is 1. The smallest absolute Gasteiger partial charge is 0.546 e. The average Bonchev–Trinajstić information content (AvgIpc) is 3.22. The van der Waals surface area contributed by atoms with Crippen LogP contribution in [0.3, 0.4) is 0 Å². The number of anilines is 1. The summed E-state index contributed by atoms with van der Waals surface area (Å²) in [6.45, 7) is -0.997. The molecule has 37 heavy (non-hydrogen) atoms. The SMILES string of the molecule is NC(=O)OCCSC1=C(C(=O)[O-])N2C(=O)[C@@H](NC(=O)/C(=N\OCC(=O)[O-])c3csc(N)n3)[C@@H]2SC1.[Na+].[Na+]. The molecule has 2 atom stereocenters. The van der Waals surface area contributed by atoms with E-state index in [-0.39, 0.29) is 93.7 Å². The first-order valence-corrected chi connectivity index (χ1v) is 12.4. The Bertz CT molecular complexity index is 1130. The fourth-order valence-corrected chi connectivity index (χ4v) is 5.97. The van der Waals surface area contributed by atoms with Crippen LogP contribution in [0.5, 0.6) is 0 Å². The van der Waals surface area contributed by atoms with Crippen LogP contribution < -0.4 is 86.1 Å². The van der Waals surface area contributed by atoms with E-state index in [9.17, 15) is 34.2 Å². The number of nitrogens with one attached hydrogen (secondary N) is 1. The molecule has 1 aromatic heterocycles. The van der Waals surface area contributed by atoms with Gasteiger partial charge < -0.3 is 46.2 Å². The summed E-state index contributed by atoms with van der Waals surface area (Å²) < 4.78 is 4.60. The van der Waals surface area contributed by atoms with Crippen molar-refractivity contribution >= 4 is 75.6 Å². The molecule has 188 valence electrons. The minimum Gasteiger partial charge on any atom is -0.546 e. The largest absolute Gasteiger partial charge is 1.00 e. The number of fused-ring (bicyclic) bond motifs is 1. The van der Waals surface area contributed by atoms with Gasteiger partial charge in [0.15, 0.2) is 17.5 Å². The van der Waals surface area contributed by atoms with Crippen molar-refractivity contribution in [2.45, 2.75) is 11.4 Å². The number of nitrogens with two attached hydrogens (primary N) is 2. The molecule has 0 spiro atoms. The summed E-state index contributed by atoms with van der Waals surface area (Å²) in [5.74, 6) is -4.41. The van der Waals surface area contributed by atoms with Gasteiger partial charge in [-0.1, -0.05) is 5.16 Å². The minimum atomic E-state index is -1.58. The standard InChI is InChI=1S/C17H18N6O9S3.2Na/c18-16-20-6(4-35-16)9(22-32-3-8(24)25)12(26)21-10-13(27)23-11(15(28)29)7(5-34-14(10)23)33-2-1-31-17(19)30;;/h4,10,14H,1-3,5H2,(H2,18,20)(H2,19,30)(H,21,26)(H,24,25)(H,28,29);;/q;2*+1/p-2/b22-9-;;/t10-,14+;;/m1../s1. The number of hydrogen-bond acceptors (Lipinski definition) is 15. The number of carboxylic acids is 2. The number of β-lactam (4-membered cyclic amide) rings is 1. The van der Waals surface area contributed by atoms with E-state index < -0.39 is 53.6 Å². The molecule has 1 saturated heterocycles. The van der Waals surface area contributed by atoms with E-state index in [4.69, 9.17) is 11.5 Å². The number of nitrogens with zero attached hydrogens (tertiary/aromatic N) is 3. The number of ether oxygens (including phenoxy) is 1. The van der Waals surface area contributed by atoms with E-state index >= 15 is 0 Å². The fraction of sp³-hybridized carbons (Fsp3) is 0.353. The number of hydrogen-bond donors (Lipinski definition) is 3. The number of carboxylic acid groups (broad SMARTS) is 2. The Morgan fingerprint density at radius 1 is 1.30 bits per heavy atom. The third kappa shape index (κ3) is 8.49. The Hall–Kier alpha value is -1.51. The van der Waals surface area contributed by atoms with E-state index in [1.54, 1.807) is 0 Å². The monoisotopic (exact) mass is 590 g/mol. The maximum atomic E-state index is 12.8. The van der Waals surface area contributed by atoms with E-state index in [1.807, 2.05) is 0 Å². The molecule has 3 amide bonds. The Balaban J connectivity index is 0.00000342. The first kappa shape index (κ1) is 33.5. The molecule has 20 heteroatoms. The van der Waals surface area contributed by atoms with Gasteiger partial charge in [-0.3, -0.25) is 14.5 Å². The van der Waals surface area contributed by atoms with Gasteiger partial charge in [0, 0.05) is 21.8 Å². The van der Waals surface area contributed by atoms with E-state index in [2.05, 4.69) is 25.0 Å². The number of aliphatic carboxylic acids is 2. The molecule has 0 aromatic carbocycles. The van der Waals surface area contributed by atoms with E-state index in [0.29, 0.717) is 4.91 Å². The average molecular weight is 591 g/mol. The summed E-state index contributed by atoms with van der Waals surface area (Å²) in [4.78, 5) is 68.4. The molecule has 1 aromatic rings. The van der Waals surface area contributed by atoms with Crippen LogP contribution >= 0.6 is 34.9 Å². The third-order valence-electron chi connectivity index (χ3n) is 4.34. The Morgan fingerprint density at radius 3 is 2.57 bits per heavy atom. The molecule has 3 heterocycles. The number of amides is 3. The van der Waals surface area contributed by atoms with Gasteiger partial charge in [0.05, 0.1) is 17.6 Å². The third-order valence-corrected chi connectivity index (χ3v) is 7.53. The Morgan fingerprint density at radius 2 is 2.00 bits per heavy atom. The zero-order chi connectivity index (χ0) is 25.7. The number of carbonyl (C=O) groups excluding carboxylic acids is 5. The summed E-state index contributed by atoms with van der Waals surface area (Å²) in [6.07, 6.45) is -0.970. The van der Waals surface area contributed by atoms with Crippen LogP contribution in [0.4, 0.5) is 9.93 Å². The molecule has 5 N–H and O–H groups in total. The second kappa shape index (κ2) is 15.2. The summed E-state index contributed by atoms with van der Waals surface area (Å²) in [5.41, 5.74) is 9.65. The van der Waals surface area contributed by atoms with Gasteiger partial charge in [0.1, 0.15) is 23.7 Å². The number of aromatic nitrogens is 1. The molecule has 0 aliphatic carbocycles. The first-order chi connectivity index (χ1) is 16.6. The van der Waals surface area contributed by atoms with Crippen molar-refractivity contribution in [2.24, 2.45) is 10.9 Å². The molecule has 2 aliphatic heterocycles. The summed E-state index contributed by atoms with van der Waals surface area (Å²) in [5, 5.41) is 29.0. The van der Waals surface area contributed by atoms with Gasteiger partial charge in [-0.25, -0.2) is 9.78 Å². The van der Waals surface area contributed by atoms with E-state index in [0.717, 1.165) is 28.0 Å². The van der Waals surface area contributed by atoms with Crippen molar-refractivity contribution in [3.63, 3.8) is 0 Å². The summed E-state index contributed by atoms with van der Waals surface area (Å²) in [7, 11) is 0. The van der Waals surface area contributed by atoms with Crippen LogP contribution in [0.2, 0.25) is 0 Å². The molecule has 0 unspecified atom stereocenters. The molecule has 1 fully saturated rings. The maximum absolute atomic E-state index is 12.8. The van der Waals surface area contributed by atoms with Gasteiger partial charge in [0.25, 0.3) is 11.8 Å². The number of nitrogen functional groups attached to an aromatic ring is 1. The van der Waals surface area contributed by atoms with Gasteiger partial charge in [0.2, 0.25) is 0 Å². The topological polar surface area (TPSA) is 242 Å². The van der Waals surface area contributed by atoms with Gasteiger partial charge >= 0.3 is 65.2 Å². The number of oxime groups is 1. The molecular formula is C17H16N6Na2O9S3. The second-order valence-corrected chi connectivity index (χ2v) is 9.78. The predicted molar refractivity (Wildman–Crippen MR) is 119 cm³/mol. The van der Waals surface area contributed by atoms with Crippen LogP contribution in [0, 0.1) is 0 Å². The molecule has 0 bridgehead atoms. The zero-order valence-corrected chi connectivity index (χ0v) is 25.9. The van der Waals surface area contributed by atoms with Crippen molar-refractivity contribution in [1.29, 1.82) is 0 Å². The van der Waals surface area contributed by atoms with Gasteiger partial charge in [-0.05, 0) is 0 Å². The number of carbonyl (C=O) groups is 5. The summed E-state index contributed by atoms with van der Waals surface area (Å²) >= 11 is 3.24. The van der Waals surface area contributed by atoms with Crippen molar-refractivity contribution in [2.75, 3.05) is 30.5 Å². The van der Waals surface area contributed by atoms with E-state index in [1.165, 1.54) is 17.1 Å². The zero-order valence-electron chi connectivity index (χ0n) is 19.5. The van der Waals surface area contributed by atoms with Crippen molar-refractivity contribution in [3.05, 3.63) is 21.7 Å². The normalized spacial score (nSPS) is 18.4. The Labute approximate surface area is 265 Å². The first-order valence-electron chi connectivity index (χ1n) is 9.46. The van der Waals surface area contributed by atoms with Crippen molar-refractivity contribution in [1.82, 2.24) is 15.2 Å². The van der Waals surface area contributed by atoms with Crippen LogP contribution in [0.1, 0.15) is 5.69 Å². The molecule has 15 nitrogen and oxygen atoms in total. The van der Waals surface area contributed by atoms with Crippen LogP contribution in [-0.4, -0.2) is 81.6 Å².